The predicted molar refractivity (Wildman–Crippen MR) is 117 cm³/mol. The Kier molecular flexibility index (Phi) is 6.06. The van der Waals surface area contributed by atoms with Crippen molar-refractivity contribution in [1.82, 2.24) is 14.7 Å². The van der Waals surface area contributed by atoms with Crippen LogP contribution in [0.5, 0.6) is 11.5 Å². The molecule has 0 radical (unpaired) electrons. The zero-order chi connectivity index (χ0) is 22.9. The van der Waals surface area contributed by atoms with E-state index in [0.29, 0.717) is 49.5 Å². The first-order chi connectivity index (χ1) is 15.4. The fourth-order valence-corrected chi connectivity index (χ4v) is 4.61. The lowest BCUT2D eigenvalue weighted by Gasteiger charge is -2.40. The van der Waals surface area contributed by atoms with Crippen molar-refractivity contribution in [1.29, 1.82) is 0 Å². The minimum absolute atomic E-state index is 0.167. The molecule has 170 valence electrons. The molecule has 2 fully saturated rings. The largest absolute Gasteiger partial charge is 0.497 e. The van der Waals surface area contributed by atoms with Crippen molar-refractivity contribution in [2.24, 2.45) is 0 Å². The van der Waals surface area contributed by atoms with Gasteiger partial charge in [0.05, 0.1) is 20.8 Å². The molecular weight excluding hydrogens is 413 g/mol. The lowest BCUT2D eigenvalue weighted by molar-refractivity contribution is -0.135. The summed E-state index contributed by atoms with van der Waals surface area (Å²) in [7, 11) is 4.83. The van der Waals surface area contributed by atoms with Crippen molar-refractivity contribution in [3.05, 3.63) is 59.4 Å². The molecule has 32 heavy (non-hydrogen) atoms. The third-order valence-corrected chi connectivity index (χ3v) is 6.61. The maximum atomic E-state index is 14.2. The summed E-state index contributed by atoms with van der Waals surface area (Å²) >= 11 is 0. The zero-order valence-electron chi connectivity index (χ0n) is 18.6. The lowest BCUT2D eigenvalue weighted by atomic mass is 9.86. The molecule has 2 aromatic carbocycles. The summed E-state index contributed by atoms with van der Waals surface area (Å²) < 4.78 is 24.7. The molecular formula is C24H28FN3O4. The Morgan fingerprint density at radius 1 is 0.969 bits per heavy atom. The average molecular weight is 442 g/mol. The Hall–Kier alpha value is -3.13. The van der Waals surface area contributed by atoms with Gasteiger partial charge >= 0.3 is 6.03 Å². The second-order valence-electron chi connectivity index (χ2n) is 8.35. The van der Waals surface area contributed by atoms with E-state index in [1.165, 1.54) is 11.0 Å². The number of nitrogens with zero attached hydrogens (tertiary/aromatic N) is 3. The summed E-state index contributed by atoms with van der Waals surface area (Å²) in [6.07, 6.45) is 1.02. The van der Waals surface area contributed by atoms with Crippen LogP contribution < -0.4 is 9.47 Å². The van der Waals surface area contributed by atoms with Gasteiger partial charge in [0.25, 0.3) is 5.91 Å². The van der Waals surface area contributed by atoms with Crippen molar-refractivity contribution in [2.75, 3.05) is 34.4 Å². The van der Waals surface area contributed by atoms with Crippen LogP contribution in [0.3, 0.4) is 0 Å². The van der Waals surface area contributed by atoms with E-state index in [9.17, 15) is 14.0 Å². The molecule has 3 amide bonds. The van der Waals surface area contributed by atoms with Crippen LogP contribution in [0.1, 0.15) is 24.0 Å². The third kappa shape index (κ3) is 3.90. The Bertz CT molecular complexity index is 1020. The van der Waals surface area contributed by atoms with E-state index in [-0.39, 0.29) is 24.3 Å². The molecule has 0 aromatic heterocycles. The molecule has 2 aliphatic heterocycles. The SMILES string of the molecule is COc1cccc(CN2C(=O)N(C)C3(CCN(Cc4cc(OC)ccc4F)CC3)C2=O)c1. The molecule has 0 aliphatic carbocycles. The number of halogens is 1. The van der Waals surface area contributed by atoms with Crippen LogP contribution in [0.4, 0.5) is 9.18 Å². The van der Waals surface area contributed by atoms with Crippen LogP contribution in [-0.4, -0.2) is 66.5 Å². The molecule has 0 N–H and O–H groups in total. The average Bonchev–Trinajstić information content (AvgIpc) is 2.98. The molecule has 2 aromatic rings. The highest BCUT2D eigenvalue weighted by Crippen LogP contribution is 2.37. The number of hydrogen-bond acceptors (Lipinski definition) is 5. The van der Waals surface area contributed by atoms with E-state index in [1.54, 1.807) is 38.3 Å². The number of hydrogen-bond donors (Lipinski definition) is 0. The minimum Gasteiger partial charge on any atom is -0.497 e. The highest BCUT2D eigenvalue weighted by Gasteiger charge is 2.56. The van der Waals surface area contributed by atoms with Gasteiger partial charge in [-0.1, -0.05) is 12.1 Å². The number of benzene rings is 2. The van der Waals surface area contributed by atoms with Crippen LogP contribution in [0, 0.1) is 5.82 Å². The van der Waals surface area contributed by atoms with Crippen LogP contribution >= 0.6 is 0 Å². The quantitative estimate of drug-likeness (QED) is 0.644. The Morgan fingerprint density at radius 2 is 1.66 bits per heavy atom. The molecule has 7 nitrogen and oxygen atoms in total. The number of piperidine rings is 1. The van der Waals surface area contributed by atoms with Crippen molar-refractivity contribution in [3.63, 3.8) is 0 Å². The highest BCUT2D eigenvalue weighted by atomic mass is 19.1. The van der Waals surface area contributed by atoms with Gasteiger partial charge in [-0.05, 0) is 48.7 Å². The molecule has 0 saturated carbocycles. The number of carbonyl (C=O) groups excluding carboxylic acids is 2. The van der Waals surface area contributed by atoms with Crippen LogP contribution in [0.15, 0.2) is 42.5 Å². The molecule has 4 rings (SSSR count). The van der Waals surface area contributed by atoms with Gasteiger partial charge in [-0.15, -0.1) is 0 Å². The van der Waals surface area contributed by atoms with Crippen molar-refractivity contribution in [3.8, 4) is 11.5 Å². The molecule has 2 heterocycles. The standard InChI is InChI=1S/C24H28FN3O4/c1-26-23(30)28(15-17-5-4-6-19(13-17)31-2)22(29)24(26)9-11-27(12-10-24)16-18-14-20(32-3)7-8-21(18)25/h4-8,13-14H,9-12,15-16H2,1-3H3. The van der Waals surface area contributed by atoms with E-state index >= 15 is 0 Å². The van der Waals surface area contributed by atoms with Crippen molar-refractivity contribution in [2.45, 2.75) is 31.5 Å². The molecule has 2 saturated heterocycles. The van der Waals surface area contributed by atoms with E-state index in [1.807, 2.05) is 24.3 Å². The maximum absolute atomic E-state index is 14.2. The number of urea groups is 1. The number of likely N-dealkylation sites (N-methyl/N-ethyl adjacent to an activating group) is 1. The summed E-state index contributed by atoms with van der Waals surface area (Å²) in [5.41, 5.74) is 0.545. The highest BCUT2D eigenvalue weighted by molar-refractivity contribution is 6.06. The van der Waals surface area contributed by atoms with Gasteiger partial charge in [-0.2, -0.15) is 0 Å². The number of carbonyl (C=O) groups is 2. The van der Waals surface area contributed by atoms with Crippen molar-refractivity contribution < 1.29 is 23.5 Å². The van der Waals surface area contributed by atoms with Crippen molar-refractivity contribution >= 4 is 11.9 Å². The summed E-state index contributed by atoms with van der Waals surface area (Å²) in [4.78, 5) is 31.4. The summed E-state index contributed by atoms with van der Waals surface area (Å²) in [5.74, 6) is 0.849. The van der Waals surface area contributed by atoms with Gasteiger partial charge in [0.2, 0.25) is 0 Å². The Balaban J connectivity index is 1.45. The number of imide groups is 1. The minimum atomic E-state index is -0.848. The topological polar surface area (TPSA) is 62.3 Å². The van der Waals surface area contributed by atoms with Gasteiger partial charge in [0, 0.05) is 32.2 Å². The first-order valence-corrected chi connectivity index (χ1v) is 10.7. The number of methoxy groups -OCH3 is 2. The number of rotatable bonds is 6. The lowest BCUT2D eigenvalue weighted by Crippen LogP contribution is -2.55. The normalized spacial score (nSPS) is 18.5. The second kappa shape index (κ2) is 8.78. The fraction of sp³-hybridized carbons (Fsp3) is 0.417. The van der Waals surface area contributed by atoms with Gasteiger partial charge in [-0.25, -0.2) is 9.18 Å². The molecule has 2 aliphatic rings. The summed E-state index contributed by atoms with van der Waals surface area (Å²) in [5, 5.41) is 0. The van der Waals surface area contributed by atoms with Gasteiger partial charge in [0.15, 0.2) is 0 Å². The number of likely N-dealkylation sites (tertiary alicyclic amines) is 1. The van der Waals surface area contributed by atoms with Gasteiger partial charge in [0.1, 0.15) is 22.9 Å². The fourth-order valence-electron chi connectivity index (χ4n) is 4.61. The zero-order valence-corrected chi connectivity index (χ0v) is 18.6. The van der Waals surface area contributed by atoms with Crippen LogP contribution in [-0.2, 0) is 17.9 Å². The first kappa shape index (κ1) is 22.1. The predicted octanol–water partition coefficient (Wildman–Crippen LogP) is 3.27. The summed E-state index contributed by atoms with van der Waals surface area (Å²) in [6.45, 7) is 1.82. The molecule has 0 atom stereocenters. The van der Waals surface area contributed by atoms with E-state index in [4.69, 9.17) is 9.47 Å². The van der Waals surface area contributed by atoms with Gasteiger partial charge < -0.3 is 14.4 Å². The van der Waals surface area contributed by atoms with E-state index in [2.05, 4.69) is 4.90 Å². The molecule has 1 spiro atoms. The molecule has 0 unspecified atom stereocenters. The van der Waals surface area contributed by atoms with Crippen LogP contribution in [0.2, 0.25) is 0 Å². The number of amides is 3. The third-order valence-electron chi connectivity index (χ3n) is 6.61. The second-order valence-corrected chi connectivity index (χ2v) is 8.35. The van der Waals surface area contributed by atoms with Crippen LogP contribution in [0.25, 0.3) is 0 Å². The van der Waals surface area contributed by atoms with E-state index < -0.39 is 5.54 Å². The van der Waals surface area contributed by atoms with E-state index in [0.717, 1.165) is 5.56 Å². The van der Waals surface area contributed by atoms with Gasteiger partial charge in [-0.3, -0.25) is 14.6 Å². The first-order valence-electron chi connectivity index (χ1n) is 10.7. The Morgan fingerprint density at radius 3 is 2.34 bits per heavy atom. The maximum Gasteiger partial charge on any atom is 0.327 e. The number of ether oxygens (including phenoxy) is 2. The molecule has 0 bridgehead atoms. The summed E-state index contributed by atoms with van der Waals surface area (Å²) in [6, 6.07) is 11.8. The molecule has 8 heteroatoms. The smallest absolute Gasteiger partial charge is 0.327 e. The Labute approximate surface area is 187 Å². The monoisotopic (exact) mass is 441 g/mol.